The first-order valence-corrected chi connectivity index (χ1v) is 10.1. The Kier molecular flexibility index (Phi) is 5.68. The second kappa shape index (κ2) is 8.55. The number of fused-ring (bicyclic) bond motifs is 2. The molecule has 0 aromatic heterocycles. The van der Waals surface area contributed by atoms with Crippen LogP contribution in [0.2, 0.25) is 0 Å². The molecule has 152 valence electrons. The predicted octanol–water partition coefficient (Wildman–Crippen LogP) is 2.91. The van der Waals surface area contributed by atoms with Crippen LogP contribution in [0.3, 0.4) is 0 Å². The van der Waals surface area contributed by atoms with Gasteiger partial charge in [-0.2, -0.15) is 0 Å². The van der Waals surface area contributed by atoms with Gasteiger partial charge in [0.05, 0.1) is 6.04 Å². The van der Waals surface area contributed by atoms with Crippen LogP contribution < -0.4 is 16.0 Å². The molecule has 1 unspecified atom stereocenters. The summed E-state index contributed by atoms with van der Waals surface area (Å²) in [5.74, 6) is -0.867. The van der Waals surface area contributed by atoms with Gasteiger partial charge in [0.2, 0.25) is 5.91 Å². The van der Waals surface area contributed by atoms with Crippen molar-refractivity contribution in [2.75, 3.05) is 12.4 Å². The Hall–Kier alpha value is -3.38. The molecule has 0 fully saturated rings. The molecule has 0 bridgehead atoms. The summed E-state index contributed by atoms with van der Waals surface area (Å²) in [6.45, 7) is 0.621. The van der Waals surface area contributed by atoms with Gasteiger partial charge >= 0.3 is 0 Å². The molecule has 0 radical (unpaired) electrons. The molecule has 1 aliphatic rings. The highest BCUT2D eigenvalue weighted by atomic mass is 35.5. The van der Waals surface area contributed by atoms with Gasteiger partial charge in [0.25, 0.3) is 11.8 Å². The number of alkyl halides is 1. The van der Waals surface area contributed by atoms with Crippen molar-refractivity contribution in [1.82, 2.24) is 16.0 Å². The molecule has 3 amide bonds. The number of rotatable bonds is 6. The number of carbonyl (C=O) groups is 3. The minimum absolute atomic E-state index is 0.130. The van der Waals surface area contributed by atoms with Crippen LogP contribution in [0.4, 0.5) is 0 Å². The Balaban J connectivity index is 1.59. The van der Waals surface area contributed by atoms with Crippen LogP contribution in [0.15, 0.2) is 60.7 Å². The molecular weight excluding hydrogens is 402 g/mol. The summed E-state index contributed by atoms with van der Waals surface area (Å²) in [5, 5.41) is 10.6. The van der Waals surface area contributed by atoms with E-state index in [1.165, 1.54) is 0 Å². The summed E-state index contributed by atoms with van der Waals surface area (Å²) in [4.78, 5) is 36.3. The third-order valence-electron chi connectivity index (χ3n) is 5.16. The average molecular weight is 422 g/mol. The summed E-state index contributed by atoms with van der Waals surface area (Å²) in [6, 6.07) is 18.4. The molecule has 1 aliphatic heterocycles. The number of amides is 3. The maximum atomic E-state index is 12.9. The zero-order valence-corrected chi connectivity index (χ0v) is 16.8. The van der Waals surface area contributed by atoms with Crippen molar-refractivity contribution in [3.05, 3.63) is 82.9 Å². The molecule has 7 heteroatoms. The van der Waals surface area contributed by atoms with Gasteiger partial charge in [-0.05, 0) is 46.2 Å². The summed E-state index contributed by atoms with van der Waals surface area (Å²) in [6.07, 6.45) is 0. The van der Waals surface area contributed by atoms with Crippen molar-refractivity contribution in [2.24, 2.45) is 0 Å². The number of halogens is 1. The molecule has 4 rings (SSSR count). The van der Waals surface area contributed by atoms with Crippen LogP contribution in [0.1, 0.15) is 37.9 Å². The van der Waals surface area contributed by atoms with Crippen LogP contribution in [0, 0.1) is 0 Å². The van der Waals surface area contributed by atoms with E-state index in [9.17, 15) is 14.4 Å². The number of carbonyl (C=O) groups excluding carboxylic acids is 3. The summed E-state index contributed by atoms with van der Waals surface area (Å²) in [5.41, 5.74) is 2.71. The second-order valence-electron chi connectivity index (χ2n) is 7.12. The van der Waals surface area contributed by atoms with Gasteiger partial charge in [-0.3, -0.25) is 14.4 Å². The molecule has 3 aromatic rings. The molecule has 30 heavy (non-hydrogen) atoms. The molecule has 3 N–H and O–H groups in total. The zero-order chi connectivity index (χ0) is 21.1. The Morgan fingerprint density at radius 1 is 1.03 bits per heavy atom. The quantitative estimate of drug-likeness (QED) is 0.535. The van der Waals surface area contributed by atoms with Crippen molar-refractivity contribution in [3.63, 3.8) is 0 Å². The van der Waals surface area contributed by atoms with Crippen molar-refractivity contribution in [3.8, 4) is 0 Å². The van der Waals surface area contributed by atoms with Crippen molar-refractivity contribution in [2.45, 2.75) is 12.6 Å². The lowest BCUT2D eigenvalue weighted by Gasteiger charge is -2.20. The smallest absolute Gasteiger partial charge is 0.251 e. The minimum Gasteiger partial charge on any atom is -0.353 e. The topological polar surface area (TPSA) is 87.3 Å². The molecule has 3 aromatic carbocycles. The predicted molar refractivity (Wildman–Crippen MR) is 115 cm³/mol. The number of benzene rings is 3. The lowest BCUT2D eigenvalue weighted by atomic mass is 10.0. The van der Waals surface area contributed by atoms with Gasteiger partial charge in [-0.25, -0.2) is 0 Å². The van der Waals surface area contributed by atoms with Gasteiger partial charge in [0, 0.05) is 24.2 Å². The second-order valence-corrected chi connectivity index (χ2v) is 7.39. The van der Waals surface area contributed by atoms with Crippen molar-refractivity contribution < 1.29 is 14.4 Å². The first-order valence-electron chi connectivity index (χ1n) is 9.58. The fourth-order valence-corrected chi connectivity index (χ4v) is 3.65. The SMILES string of the molecule is O=C(CCl)NCC(NC(=O)c1ccc2c(c1)CNC2=O)c1ccc2ccccc2c1. The Morgan fingerprint density at radius 2 is 1.83 bits per heavy atom. The fourth-order valence-electron chi connectivity index (χ4n) is 3.55. The van der Waals surface area contributed by atoms with Crippen molar-refractivity contribution >= 4 is 40.1 Å². The number of hydrogen-bond acceptors (Lipinski definition) is 3. The van der Waals surface area contributed by atoms with E-state index in [1.807, 2.05) is 42.5 Å². The van der Waals surface area contributed by atoms with Crippen LogP contribution >= 0.6 is 11.6 Å². The van der Waals surface area contributed by atoms with Gasteiger partial charge in [-0.1, -0.05) is 36.4 Å². The number of hydrogen-bond donors (Lipinski definition) is 3. The summed E-state index contributed by atoms with van der Waals surface area (Å²) >= 11 is 5.59. The Labute approximate surface area is 178 Å². The van der Waals surface area contributed by atoms with E-state index >= 15 is 0 Å². The number of nitrogens with one attached hydrogen (secondary N) is 3. The van der Waals surface area contributed by atoms with Gasteiger partial charge in [-0.15, -0.1) is 11.6 Å². The Morgan fingerprint density at radius 3 is 2.63 bits per heavy atom. The molecule has 0 saturated heterocycles. The van der Waals surface area contributed by atoms with E-state index in [1.54, 1.807) is 18.2 Å². The maximum Gasteiger partial charge on any atom is 0.251 e. The molecular formula is C23H20ClN3O3. The average Bonchev–Trinajstić information content (AvgIpc) is 3.15. The van der Waals surface area contributed by atoms with Crippen LogP contribution in [0.25, 0.3) is 10.8 Å². The monoisotopic (exact) mass is 421 g/mol. The molecule has 0 spiro atoms. The van der Waals surface area contributed by atoms with E-state index < -0.39 is 6.04 Å². The fraction of sp³-hybridized carbons (Fsp3) is 0.174. The molecule has 0 aliphatic carbocycles. The highest BCUT2D eigenvalue weighted by Gasteiger charge is 2.22. The van der Waals surface area contributed by atoms with Gasteiger partial charge in [0.1, 0.15) is 5.88 Å². The maximum absolute atomic E-state index is 12.9. The van der Waals surface area contributed by atoms with E-state index in [0.717, 1.165) is 21.9 Å². The van der Waals surface area contributed by atoms with E-state index in [2.05, 4.69) is 16.0 Å². The van der Waals surface area contributed by atoms with Crippen LogP contribution in [0.5, 0.6) is 0 Å². The summed E-state index contributed by atoms with van der Waals surface area (Å²) < 4.78 is 0. The minimum atomic E-state index is -0.442. The normalized spacial score (nSPS) is 13.4. The van der Waals surface area contributed by atoms with E-state index in [4.69, 9.17) is 11.6 Å². The third-order valence-corrected chi connectivity index (χ3v) is 5.40. The third kappa shape index (κ3) is 4.14. The first-order chi connectivity index (χ1) is 14.5. The standard InChI is InChI=1S/C23H20ClN3O3/c24-11-21(28)25-13-20(16-6-5-14-3-1-2-4-15(14)9-16)27-22(29)17-7-8-19-18(10-17)12-26-23(19)30/h1-10,20H,11-13H2,(H,25,28)(H,26,30)(H,27,29). The van der Waals surface area contributed by atoms with Gasteiger partial charge in [0.15, 0.2) is 0 Å². The van der Waals surface area contributed by atoms with Crippen LogP contribution in [-0.2, 0) is 11.3 Å². The lowest BCUT2D eigenvalue weighted by molar-refractivity contribution is -0.118. The largest absolute Gasteiger partial charge is 0.353 e. The van der Waals surface area contributed by atoms with E-state index in [-0.39, 0.29) is 30.1 Å². The molecule has 0 saturated carbocycles. The zero-order valence-electron chi connectivity index (χ0n) is 16.1. The van der Waals surface area contributed by atoms with Crippen molar-refractivity contribution in [1.29, 1.82) is 0 Å². The summed E-state index contributed by atoms with van der Waals surface area (Å²) in [7, 11) is 0. The molecule has 1 heterocycles. The van der Waals surface area contributed by atoms with Crippen LogP contribution in [-0.4, -0.2) is 30.1 Å². The molecule has 1 atom stereocenters. The Bertz CT molecular complexity index is 1150. The highest BCUT2D eigenvalue weighted by molar-refractivity contribution is 6.27. The molecule has 6 nitrogen and oxygen atoms in total. The first kappa shape index (κ1) is 19.9. The lowest BCUT2D eigenvalue weighted by Crippen LogP contribution is -2.38. The van der Waals surface area contributed by atoms with E-state index in [0.29, 0.717) is 17.7 Å². The highest BCUT2D eigenvalue weighted by Crippen LogP contribution is 2.22. The van der Waals surface area contributed by atoms with Gasteiger partial charge < -0.3 is 16.0 Å².